The summed E-state index contributed by atoms with van der Waals surface area (Å²) < 4.78 is 14.4. The summed E-state index contributed by atoms with van der Waals surface area (Å²) >= 11 is 4.83. The van der Waals surface area contributed by atoms with E-state index in [2.05, 4.69) is 20.9 Å². The number of halogens is 1. The van der Waals surface area contributed by atoms with Crippen LogP contribution in [-0.2, 0) is 11.3 Å². The molecule has 0 spiro atoms. The smallest absolute Gasteiger partial charge is 0.279 e. The highest BCUT2D eigenvalue weighted by atomic mass is 79.9. The predicted molar refractivity (Wildman–Crippen MR) is 102 cm³/mol. The Morgan fingerprint density at radius 2 is 1.96 bits per heavy atom. The predicted octanol–water partition coefficient (Wildman–Crippen LogP) is 3.86. The van der Waals surface area contributed by atoms with Crippen molar-refractivity contribution < 1.29 is 14.3 Å². The molecule has 0 saturated heterocycles. The third kappa shape index (κ3) is 4.00. The van der Waals surface area contributed by atoms with Crippen molar-refractivity contribution in [3.05, 3.63) is 57.3 Å². The second kappa shape index (κ2) is 7.95. The van der Waals surface area contributed by atoms with Gasteiger partial charge in [-0.15, -0.1) is 0 Å². The molecule has 0 N–H and O–H groups in total. The molecular weight excluding hydrogens is 404 g/mol. The number of aromatic nitrogens is 1. The van der Waals surface area contributed by atoms with Gasteiger partial charge in [-0.25, -0.2) is 0 Å². The Morgan fingerprint density at radius 3 is 2.64 bits per heavy atom. The summed E-state index contributed by atoms with van der Waals surface area (Å²) in [6, 6.07) is 13.0. The molecule has 0 saturated carbocycles. The van der Waals surface area contributed by atoms with Gasteiger partial charge in [-0.2, -0.15) is 4.99 Å². The van der Waals surface area contributed by atoms with Gasteiger partial charge >= 0.3 is 0 Å². The minimum atomic E-state index is -0.266. The zero-order chi connectivity index (χ0) is 17.8. The van der Waals surface area contributed by atoms with Crippen molar-refractivity contribution >= 4 is 43.4 Å². The Labute approximate surface area is 157 Å². The fourth-order valence-electron chi connectivity index (χ4n) is 2.41. The second-order valence-electron chi connectivity index (χ2n) is 5.29. The first-order valence-corrected chi connectivity index (χ1v) is 9.24. The molecule has 0 aliphatic rings. The largest absolute Gasteiger partial charge is 0.497 e. The fraction of sp³-hybridized carbons (Fsp3) is 0.222. The van der Waals surface area contributed by atoms with Crippen LogP contribution < -0.4 is 9.54 Å². The van der Waals surface area contributed by atoms with Gasteiger partial charge in [-0.1, -0.05) is 27.3 Å². The van der Waals surface area contributed by atoms with Gasteiger partial charge in [-0.05, 0) is 42.5 Å². The average molecular weight is 421 g/mol. The number of hydrogen-bond acceptors (Lipinski definition) is 4. The van der Waals surface area contributed by atoms with Gasteiger partial charge in [0.05, 0.1) is 23.9 Å². The summed E-state index contributed by atoms with van der Waals surface area (Å²) in [4.78, 5) is 17.5. The lowest BCUT2D eigenvalue weighted by atomic mass is 10.2. The van der Waals surface area contributed by atoms with Crippen LogP contribution in [0.15, 0.2) is 51.9 Å². The van der Waals surface area contributed by atoms with Crippen molar-refractivity contribution in [1.82, 2.24) is 4.57 Å². The maximum Gasteiger partial charge on any atom is 0.279 e. The van der Waals surface area contributed by atoms with Gasteiger partial charge in [0.25, 0.3) is 5.91 Å². The summed E-state index contributed by atoms with van der Waals surface area (Å²) in [5.74, 6) is 0.510. The molecule has 3 aromatic rings. The third-order valence-electron chi connectivity index (χ3n) is 3.70. The first-order valence-electron chi connectivity index (χ1n) is 7.63. The Hall–Kier alpha value is -1.96. The van der Waals surface area contributed by atoms with Crippen LogP contribution in [0.25, 0.3) is 10.2 Å². The van der Waals surface area contributed by atoms with Crippen LogP contribution in [0.5, 0.6) is 5.75 Å². The highest BCUT2D eigenvalue weighted by molar-refractivity contribution is 9.10. The van der Waals surface area contributed by atoms with Gasteiger partial charge in [0.15, 0.2) is 4.80 Å². The van der Waals surface area contributed by atoms with E-state index in [1.165, 1.54) is 11.3 Å². The van der Waals surface area contributed by atoms with Gasteiger partial charge in [0.1, 0.15) is 5.75 Å². The lowest BCUT2D eigenvalue weighted by Gasteiger charge is -2.05. The number of methoxy groups -OCH3 is 2. The average Bonchev–Trinajstić information content (AvgIpc) is 2.96. The SMILES string of the molecule is COCCn1c(=NC(=O)c2ccc(Br)cc2)sc2cc(OC)ccc21. The van der Waals surface area contributed by atoms with E-state index >= 15 is 0 Å². The lowest BCUT2D eigenvalue weighted by Crippen LogP contribution is -2.19. The molecule has 5 nitrogen and oxygen atoms in total. The van der Waals surface area contributed by atoms with E-state index in [-0.39, 0.29) is 5.91 Å². The van der Waals surface area contributed by atoms with Crippen LogP contribution >= 0.6 is 27.3 Å². The monoisotopic (exact) mass is 420 g/mol. The topological polar surface area (TPSA) is 52.8 Å². The van der Waals surface area contributed by atoms with Crippen LogP contribution in [0.4, 0.5) is 0 Å². The van der Waals surface area contributed by atoms with E-state index in [0.717, 1.165) is 20.4 Å². The fourth-order valence-corrected chi connectivity index (χ4v) is 3.76. The summed E-state index contributed by atoms with van der Waals surface area (Å²) in [6.45, 7) is 1.16. The minimum absolute atomic E-state index is 0.266. The van der Waals surface area contributed by atoms with Gasteiger partial charge < -0.3 is 14.0 Å². The number of carbonyl (C=O) groups excluding carboxylic acids is 1. The van der Waals surface area contributed by atoms with Gasteiger partial charge in [0.2, 0.25) is 0 Å². The molecule has 7 heteroatoms. The van der Waals surface area contributed by atoms with Crippen LogP contribution in [0, 0.1) is 0 Å². The van der Waals surface area contributed by atoms with Crippen molar-refractivity contribution in [3.8, 4) is 5.75 Å². The lowest BCUT2D eigenvalue weighted by molar-refractivity contribution is 0.0997. The Bertz CT molecular complexity index is 961. The Balaban J connectivity index is 2.09. The Kier molecular flexibility index (Phi) is 5.67. The summed E-state index contributed by atoms with van der Waals surface area (Å²) in [5.41, 5.74) is 1.56. The highest BCUT2D eigenvalue weighted by Gasteiger charge is 2.10. The van der Waals surface area contributed by atoms with Gasteiger partial charge in [-0.3, -0.25) is 4.79 Å². The van der Waals surface area contributed by atoms with Crippen molar-refractivity contribution in [2.75, 3.05) is 20.8 Å². The van der Waals surface area contributed by atoms with Gasteiger partial charge in [0, 0.05) is 23.7 Å². The van der Waals surface area contributed by atoms with Crippen LogP contribution in [0.2, 0.25) is 0 Å². The number of thiazole rings is 1. The van der Waals surface area contributed by atoms with Crippen molar-refractivity contribution in [1.29, 1.82) is 0 Å². The molecule has 0 bridgehead atoms. The van der Waals surface area contributed by atoms with E-state index < -0.39 is 0 Å². The van der Waals surface area contributed by atoms with E-state index in [1.807, 2.05) is 34.9 Å². The normalized spacial score (nSPS) is 11.9. The number of carbonyl (C=O) groups is 1. The van der Waals surface area contributed by atoms with Crippen molar-refractivity contribution in [2.24, 2.45) is 4.99 Å². The molecule has 0 atom stereocenters. The van der Waals surface area contributed by atoms with Crippen LogP contribution in [0.3, 0.4) is 0 Å². The first kappa shape index (κ1) is 17.8. The van der Waals surface area contributed by atoms with Crippen molar-refractivity contribution in [2.45, 2.75) is 6.54 Å². The molecule has 1 heterocycles. The van der Waals surface area contributed by atoms with E-state index in [9.17, 15) is 4.79 Å². The minimum Gasteiger partial charge on any atom is -0.497 e. The van der Waals surface area contributed by atoms with Crippen LogP contribution in [0.1, 0.15) is 10.4 Å². The molecule has 0 radical (unpaired) electrons. The number of benzene rings is 2. The standard InChI is InChI=1S/C18H17BrN2O3S/c1-23-10-9-21-15-8-7-14(24-2)11-16(15)25-18(21)20-17(22)12-3-5-13(19)6-4-12/h3-8,11H,9-10H2,1-2H3. The summed E-state index contributed by atoms with van der Waals surface area (Å²) in [6.07, 6.45) is 0. The molecule has 130 valence electrons. The molecule has 25 heavy (non-hydrogen) atoms. The molecule has 0 aliphatic carbocycles. The van der Waals surface area contributed by atoms with Crippen molar-refractivity contribution in [3.63, 3.8) is 0 Å². The molecule has 1 amide bonds. The maximum absolute atomic E-state index is 12.5. The first-order chi connectivity index (χ1) is 12.1. The number of nitrogens with zero attached hydrogens (tertiary/aromatic N) is 2. The van der Waals surface area contributed by atoms with Crippen LogP contribution in [-0.4, -0.2) is 31.3 Å². The zero-order valence-electron chi connectivity index (χ0n) is 13.9. The molecular formula is C18H17BrN2O3S. The third-order valence-corrected chi connectivity index (χ3v) is 5.27. The molecule has 1 aromatic heterocycles. The van der Waals surface area contributed by atoms with E-state index in [1.54, 1.807) is 26.4 Å². The second-order valence-corrected chi connectivity index (χ2v) is 7.21. The quantitative estimate of drug-likeness (QED) is 0.629. The molecule has 3 rings (SSSR count). The maximum atomic E-state index is 12.5. The zero-order valence-corrected chi connectivity index (χ0v) is 16.3. The number of ether oxygens (including phenoxy) is 2. The summed E-state index contributed by atoms with van der Waals surface area (Å²) in [5, 5.41) is 0. The number of rotatable bonds is 5. The number of fused-ring (bicyclic) bond motifs is 1. The molecule has 0 unspecified atom stereocenters. The highest BCUT2D eigenvalue weighted by Crippen LogP contribution is 2.23. The van der Waals surface area contributed by atoms with E-state index in [0.29, 0.717) is 23.5 Å². The summed E-state index contributed by atoms with van der Waals surface area (Å²) in [7, 11) is 3.29. The molecule has 0 aliphatic heterocycles. The van der Waals surface area contributed by atoms with E-state index in [4.69, 9.17) is 9.47 Å². The molecule has 2 aromatic carbocycles. The number of amides is 1. The molecule has 0 fully saturated rings. The Morgan fingerprint density at radius 1 is 1.20 bits per heavy atom. The number of hydrogen-bond donors (Lipinski definition) is 0.